The summed E-state index contributed by atoms with van der Waals surface area (Å²) >= 11 is 0. The fraction of sp³-hybridized carbons (Fsp3) is 0.529. The highest BCUT2D eigenvalue weighted by Gasteiger charge is 2.31. The quantitative estimate of drug-likeness (QED) is 0.862. The number of nitrogens with one attached hydrogen (secondary N) is 1. The maximum absolute atomic E-state index is 12.6. The molecule has 0 aromatic heterocycles. The van der Waals surface area contributed by atoms with Crippen LogP contribution in [0.4, 0.5) is 0 Å². The van der Waals surface area contributed by atoms with Gasteiger partial charge >= 0.3 is 0 Å². The average molecular weight is 288 g/mol. The van der Waals surface area contributed by atoms with Crippen LogP contribution in [-0.2, 0) is 4.79 Å². The molecule has 1 amide bonds. The Morgan fingerprint density at radius 2 is 1.86 bits per heavy atom. The number of Topliss-reactive ketones (excluding diaryl/α,β-unsaturated/α-hetero) is 1. The van der Waals surface area contributed by atoms with E-state index in [4.69, 9.17) is 0 Å². The van der Waals surface area contributed by atoms with Crippen molar-refractivity contribution in [3.63, 3.8) is 0 Å². The van der Waals surface area contributed by atoms with E-state index in [2.05, 4.69) is 18.3 Å². The van der Waals surface area contributed by atoms with Gasteiger partial charge in [0.05, 0.1) is 12.6 Å². The van der Waals surface area contributed by atoms with Crippen molar-refractivity contribution in [1.29, 1.82) is 0 Å². The highest BCUT2D eigenvalue weighted by atomic mass is 16.2. The summed E-state index contributed by atoms with van der Waals surface area (Å²) in [4.78, 5) is 26.4. The molecule has 1 fully saturated rings. The fourth-order valence-electron chi connectivity index (χ4n) is 3.01. The Hall–Kier alpha value is -1.68. The molecule has 4 nitrogen and oxygen atoms in total. The van der Waals surface area contributed by atoms with Gasteiger partial charge in [0.25, 0.3) is 0 Å². The predicted molar refractivity (Wildman–Crippen MR) is 83.6 cm³/mol. The number of likely N-dealkylation sites (tertiary alicyclic amines) is 1. The molecule has 21 heavy (non-hydrogen) atoms. The number of rotatable bonds is 4. The third-order valence-corrected chi connectivity index (χ3v) is 4.40. The minimum Gasteiger partial charge on any atom is -0.358 e. The Kier molecular flexibility index (Phi) is 4.78. The van der Waals surface area contributed by atoms with Gasteiger partial charge in [0, 0.05) is 12.6 Å². The third-order valence-electron chi connectivity index (χ3n) is 4.40. The van der Waals surface area contributed by atoms with Gasteiger partial charge in [-0.2, -0.15) is 0 Å². The van der Waals surface area contributed by atoms with E-state index in [1.807, 2.05) is 24.8 Å². The van der Waals surface area contributed by atoms with Crippen LogP contribution in [0.1, 0.15) is 39.9 Å². The molecule has 1 heterocycles. The lowest BCUT2D eigenvalue weighted by atomic mass is 9.98. The molecule has 2 rings (SSSR count). The molecular weight excluding hydrogens is 264 g/mol. The number of amides is 1. The molecular formula is C17H24N2O2. The first-order valence-electron chi connectivity index (χ1n) is 7.50. The number of likely N-dealkylation sites (N-methyl/N-ethyl adjacent to an activating group) is 1. The molecule has 1 N–H and O–H groups in total. The Morgan fingerprint density at radius 1 is 1.19 bits per heavy atom. The van der Waals surface area contributed by atoms with Crippen LogP contribution >= 0.6 is 0 Å². The second-order valence-electron chi connectivity index (χ2n) is 5.92. The van der Waals surface area contributed by atoms with E-state index in [-0.39, 0.29) is 17.7 Å². The summed E-state index contributed by atoms with van der Waals surface area (Å²) in [5.74, 6) is 0.114. The Labute approximate surface area is 126 Å². The maximum atomic E-state index is 12.6. The van der Waals surface area contributed by atoms with Crippen LogP contribution in [0.5, 0.6) is 0 Å². The topological polar surface area (TPSA) is 49.4 Å². The SMILES string of the molecule is CNC(=O)C1CCCN1CC(=O)c1cc(C)c(C)cc1C. The van der Waals surface area contributed by atoms with Crippen molar-refractivity contribution < 1.29 is 9.59 Å². The Morgan fingerprint density at radius 3 is 2.52 bits per heavy atom. The molecule has 0 spiro atoms. The third kappa shape index (κ3) is 3.32. The van der Waals surface area contributed by atoms with E-state index in [9.17, 15) is 9.59 Å². The van der Waals surface area contributed by atoms with Crippen LogP contribution in [0.15, 0.2) is 12.1 Å². The van der Waals surface area contributed by atoms with Crippen LogP contribution in [0.3, 0.4) is 0 Å². The first kappa shape index (κ1) is 15.7. The normalized spacial score (nSPS) is 18.8. The molecule has 0 bridgehead atoms. The second kappa shape index (κ2) is 6.39. The minimum absolute atomic E-state index is 0.0112. The summed E-state index contributed by atoms with van der Waals surface area (Å²) in [5, 5.41) is 2.69. The van der Waals surface area contributed by atoms with Crippen molar-refractivity contribution in [2.45, 2.75) is 39.7 Å². The van der Waals surface area contributed by atoms with E-state index in [0.29, 0.717) is 6.54 Å². The van der Waals surface area contributed by atoms with Crippen molar-refractivity contribution in [3.8, 4) is 0 Å². The smallest absolute Gasteiger partial charge is 0.237 e. The lowest BCUT2D eigenvalue weighted by Gasteiger charge is -2.22. The zero-order valence-electron chi connectivity index (χ0n) is 13.3. The number of nitrogens with zero attached hydrogens (tertiary/aromatic N) is 1. The van der Waals surface area contributed by atoms with Crippen LogP contribution in [0.2, 0.25) is 0 Å². The van der Waals surface area contributed by atoms with Crippen molar-refractivity contribution in [3.05, 3.63) is 34.4 Å². The van der Waals surface area contributed by atoms with Gasteiger partial charge in [-0.1, -0.05) is 6.07 Å². The molecule has 1 unspecified atom stereocenters. The standard InChI is InChI=1S/C17H24N2O2/c1-11-8-13(3)14(9-12(11)2)16(20)10-19-7-5-6-15(19)17(21)18-4/h8-9,15H,5-7,10H2,1-4H3,(H,18,21). The Bertz CT molecular complexity index is 566. The van der Waals surface area contributed by atoms with Crippen molar-refractivity contribution >= 4 is 11.7 Å². The number of hydrogen-bond donors (Lipinski definition) is 1. The van der Waals surface area contributed by atoms with Crippen LogP contribution < -0.4 is 5.32 Å². The van der Waals surface area contributed by atoms with Crippen molar-refractivity contribution in [1.82, 2.24) is 10.2 Å². The van der Waals surface area contributed by atoms with Crippen molar-refractivity contribution in [2.75, 3.05) is 20.1 Å². The van der Waals surface area contributed by atoms with E-state index in [0.717, 1.165) is 36.1 Å². The zero-order chi connectivity index (χ0) is 15.6. The summed E-state index contributed by atoms with van der Waals surface area (Å²) in [6.07, 6.45) is 1.80. The van der Waals surface area contributed by atoms with E-state index < -0.39 is 0 Å². The Balaban J connectivity index is 2.14. The molecule has 4 heteroatoms. The first-order valence-corrected chi connectivity index (χ1v) is 7.50. The molecule has 1 saturated heterocycles. The fourth-order valence-corrected chi connectivity index (χ4v) is 3.01. The van der Waals surface area contributed by atoms with Crippen LogP contribution in [-0.4, -0.2) is 42.8 Å². The molecule has 0 saturated carbocycles. The average Bonchev–Trinajstić information content (AvgIpc) is 2.90. The number of carbonyl (C=O) groups excluding carboxylic acids is 2. The summed E-state index contributed by atoms with van der Waals surface area (Å²) < 4.78 is 0. The zero-order valence-corrected chi connectivity index (χ0v) is 13.3. The lowest BCUT2D eigenvalue weighted by Crippen LogP contribution is -2.44. The van der Waals surface area contributed by atoms with E-state index >= 15 is 0 Å². The van der Waals surface area contributed by atoms with Gasteiger partial charge in [-0.05, 0) is 62.9 Å². The molecule has 114 valence electrons. The van der Waals surface area contributed by atoms with E-state index in [1.54, 1.807) is 7.05 Å². The molecule has 0 radical (unpaired) electrons. The van der Waals surface area contributed by atoms with Crippen LogP contribution in [0.25, 0.3) is 0 Å². The monoisotopic (exact) mass is 288 g/mol. The first-order chi connectivity index (χ1) is 9.93. The molecule has 1 atom stereocenters. The van der Waals surface area contributed by atoms with Gasteiger partial charge in [-0.15, -0.1) is 0 Å². The van der Waals surface area contributed by atoms with Gasteiger partial charge in [0.2, 0.25) is 5.91 Å². The highest BCUT2D eigenvalue weighted by Crippen LogP contribution is 2.20. The second-order valence-corrected chi connectivity index (χ2v) is 5.92. The largest absolute Gasteiger partial charge is 0.358 e. The van der Waals surface area contributed by atoms with Gasteiger partial charge in [-0.3, -0.25) is 14.5 Å². The summed E-state index contributed by atoms with van der Waals surface area (Å²) in [6, 6.07) is 3.87. The number of hydrogen-bond acceptors (Lipinski definition) is 3. The van der Waals surface area contributed by atoms with Gasteiger partial charge < -0.3 is 5.32 Å². The number of aryl methyl sites for hydroxylation is 3. The highest BCUT2D eigenvalue weighted by molar-refractivity contribution is 5.99. The van der Waals surface area contributed by atoms with E-state index in [1.165, 1.54) is 5.56 Å². The summed E-state index contributed by atoms with van der Waals surface area (Å²) in [7, 11) is 1.65. The molecule has 1 aliphatic rings. The van der Waals surface area contributed by atoms with Gasteiger partial charge in [-0.25, -0.2) is 0 Å². The molecule has 1 aliphatic heterocycles. The number of ketones is 1. The maximum Gasteiger partial charge on any atom is 0.237 e. The molecule has 1 aromatic carbocycles. The summed E-state index contributed by atoms with van der Waals surface area (Å²) in [5.41, 5.74) is 4.13. The lowest BCUT2D eigenvalue weighted by molar-refractivity contribution is -0.124. The molecule has 1 aromatic rings. The molecule has 0 aliphatic carbocycles. The predicted octanol–water partition coefficient (Wildman–Crippen LogP) is 2.00. The van der Waals surface area contributed by atoms with Gasteiger partial charge in [0.1, 0.15) is 0 Å². The number of carbonyl (C=O) groups is 2. The van der Waals surface area contributed by atoms with Crippen LogP contribution in [0, 0.1) is 20.8 Å². The number of benzene rings is 1. The summed E-state index contributed by atoms with van der Waals surface area (Å²) in [6.45, 7) is 7.18. The van der Waals surface area contributed by atoms with Gasteiger partial charge in [0.15, 0.2) is 5.78 Å². The van der Waals surface area contributed by atoms with Crippen molar-refractivity contribution in [2.24, 2.45) is 0 Å². The minimum atomic E-state index is -0.161.